The molecule has 2 aromatic heterocycles. The van der Waals surface area contributed by atoms with Crippen molar-refractivity contribution >= 4 is 34.7 Å². The number of amides is 1. The summed E-state index contributed by atoms with van der Waals surface area (Å²) in [7, 11) is 1.98. The van der Waals surface area contributed by atoms with Gasteiger partial charge in [-0.1, -0.05) is 12.1 Å². The standard InChI is InChI=1S/C19H18N4O2/c1-22-11-5-12-23(17(24)10-9-14-6-4-13-25-14)19-18(22)20-15-7-2-3-8-16(15)21-19/h2-4,6-10,13H,5,11-12H2,1H3. The summed E-state index contributed by atoms with van der Waals surface area (Å²) in [5.41, 5.74) is 1.61. The summed E-state index contributed by atoms with van der Waals surface area (Å²) in [6.45, 7) is 1.43. The van der Waals surface area contributed by atoms with Crippen LogP contribution in [0.1, 0.15) is 12.2 Å². The van der Waals surface area contributed by atoms with Gasteiger partial charge in [0.2, 0.25) is 0 Å². The minimum Gasteiger partial charge on any atom is -0.465 e. The van der Waals surface area contributed by atoms with Crippen molar-refractivity contribution in [3.63, 3.8) is 0 Å². The fraction of sp³-hybridized carbons (Fsp3) is 0.211. The largest absolute Gasteiger partial charge is 0.465 e. The zero-order chi connectivity index (χ0) is 17.2. The van der Waals surface area contributed by atoms with Crippen LogP contribution in [0.5, 0.6) is 0 Å². The molecule has 126 valence electrons. The predicted octanol–water partition coefficient (Wildman–Crippen LogP) is 3.11. The summed E-state index contributed by atoms with van der Waals surface area (Å²) >= 11 is 0. The molecule has 0 atom stereocenters. The topological polar surface area (TPSA) is 62.5 Å². The number of carbonyl (C=O) groups excluding carboxylic acids is 1. The van der Waals surface area contributed by atoms with Gasteiger partial charge in [0.25, 0.3) is 5.91 Å². The maximum Gasteiger partial charge on any atom is 0.252 e. The van der Waals surface area contributed by atoms with E-state index in [1.807, 2.05) is 31.3 Å². The number of rotatable bonds is 2. The van der Waals surface area contributed by atoms with Crippen molar-refractivity contribution in [2.24, 2.45) is 0 Å². The molecular weight excluding hydrogens is 316 g/mol. The number of aromatic nitrogens is 2. The maximum absolute atomic E-state index is 12.8. The van der Waals surface area contributed by atoms with E-state index in [-0.39, 0.29) is 5.91 Å². The van der Waals surface area contributed by atoms with Crippen LogP contribution in [0.25, 0.3) is 17.1 Å². The third-order valence-corrected chi connectivity index (χ3v) is 4.23. The minimum absolute atomic E-state index is 0.127. The van der Waals surface area contributed by atoms with Crippen LogP contribution in [-0.2, 0) is 4.79 Å². The highest BCUT2D eigenvalue weighted by atomic mass is 16.3. The Balaban J connectivity index is 1.75. The molecule has 0 aliphatic carbocycles. The van der Waals surface area contributed by atoms with E-state index >= 15 is 0 Å². The molecule has 0 unspecified atom stereocenters. The Kier molecular flexibility index (Phi) is 3.93. The van der Waals surface area contributed by atoms with Gasteiger partial charge >= 0.3 is 0 Å². The van der Waals surface area contributed by atoms with Gasteiger partial charge in [-0.15, -0.1) is 0 Å². The molecular formula is C19H18N4O2. The normalized spacial score (nSPS) is 14.8. The summed E-state index contributed by atoms with van der Waals surface area (Å²) in [4.78, 5) is 26.0. The van der Waals surface area contributed by atoms with E-state index in [1.165, 1.54) is 6.08 Å². The summed E-state index contributed by atoms with van der Waals surface area (Å²) in [5.74, 6) is 1.85. The number of benzene rings is 1. The lowest BCUT2D eigenvalue weighted by Gasteiger charge is -2.21. The number of fused-ring (bicyclic) bond motifs is 2. The second kappa shape index (κ2) is 6.39. The molecule has 0 saturated carbocycles. The zero-order valence-corrected chi connectivity index (χ0v) is 13.9. The lowest BCUT2D eigenvalue weighted by Crippen LogP contribution is -2.30. The van der Waals surface area contributed by atoms with Crippen molar-refractivity contribution in [1.82, 2.24) is 9.97 Å². The number of nitrogens with zero attached hydrogens (tertiary/aromatic N) is 4. The van der Waals surface area contributed by atoms with E-state index in [1.54, 1.807) is 29.4 Å². The van der Waals surface area contributed by atoms with E-state index in [2.05, 4.69) is 4.90 Å². The summed E-state index contributed by atoms with van der Waals surface area (Å²) in [5, 5.41) is 0. The number of furan rings is 1. The molecule has 1 amide bonds. The molecule has 0 N–H and O–H groups in total. The Hall–Kier alpha value is -3.15. The lowest BCUT2D eigenvalue weighted by molar-refractivity contribution is -0.114. The summed E-state index contributed by atoms with van der Waals surface area (Å²) in [6, 6.07) is 11.3. The van der Waals surface area contributed by atoms with E-state index in [0.717, 1.165) is 29.8 Å². The minimum atomic E-state index is -0.127. The van der Waals surface area contributed by atoms with Crippen LogP contribution < -0.4 is 9.80 Å². The molecule has 6 nitrogen and oxygen atoms in total. The van der Waals surface area contributed by atoms with Crippen molar-refractivity contribution in [2.75, 3.05) is 29.9 Å². The lowest BCUT2D eigenvalue weighted by atomic mass is 10.3. The molecule has 3 heterocycles. The van der Waals surface area contributed by atoms with E-state index < -0.39 is 0 Å². The molecule has 1 aromatic carbocycles. The first-order valence-electron chi connectivity index (χ1n) is 8.23. The Bertz CT molecular complexity index is 934. The van der Waals surface area contributed by atoms with Gasteiger partial charge in [0.1, 0.15) is 5.76 Å². The van der Waals surface area contributed by atoms with Crippen molar-refractivity contribution < 1.29 is 9.21 Å². The number of para-hydroxylation sites is 2. The summed E-state index contributed by atoms with van der Waals surface area (Å²) < 4.78 is 5.25. The molecule has 0 spiro atoms. The molecule has 25 heavy (non-hydrogen) atoms. The molecule has 0 radical (unpaired) electrons. The monoisotopic (exact) mass is 334 g/mol. The Morgan fingerprint density at radius 3 is 2.56 bits per heavy atom. The first-order chi connectivity index (χ1) is 12.2. The van der Waals surface area contributed by atoms with Gasteiger partial charge in [-0.3, -0.25) is 9.69 Å². The van der Waals surface area contributed by atoms with Crippen LogP contribution in [0, 0.1) is 0 Å². The van der Waals surface area contributed by atoms with Gasteiger partial charge in [-0.2, -0.15) is 0 Å². The second-order valence-electron chi connectivity index (χ2n) is 5.97. The van der Waals surface area contributed by atoms with Crippen LogP contribution in [-0.4, -0.2) is 36.0 Å². The Morgan fingerprint density at radius 2 is 1.84 bits per heavy atom. The molecule has 3 aromatic rings. The van der Waals surface area contributed by atoms with Crippen LogP contribution in [0.2, 0.25) is 0 Å². The van der Waals surface area contributed by atoms with Crippen LogP contribution in [0.3, 0.4) is 0 Å². The molecule has 0 fully saturated rings. The molecule has 0 bridgehead atoms. The van der Waals surface area contributed by atoms with E-state index in [9.17, 15) is 4.79 Å². The quantitative estimate of drug-likeness (QED) is 0.674. The molecule has 0 saturated heterocycles. The van der Waals surface area contributed by atoms with Crippen molar-refractivity contribution in [2.45, 2.75) is 6.42 Å². The molecule has 1 aliphatic heterocycles. The highest BCUT2D eigenvalue weighted by Gasteiger charge is 2.25. The predicted molar refractivity (Wildman–Crippen MR) is 97.5 cm³/mol. The first kappa shape index (κ1) is 15.4. The van der Waals surface area contributed by atoms with Gasteiger partial charge in [-0.05, 0) is 36.8 Å². The average Bonchev–Trinajstić information content (AvgIpc) is 3.10. The van der Waals surface area contributed by atoms with Crippen molar-refractivity contribution in [3.8, 4) is 0 Å². The van der Waals surface area contributed by atoms with E-state index in [4.69, 9.17) is 14.4 Å². The average molecular weight is 334 g/mol. The molecule has 1 aliphatic rings. The third kappa shape index (κ3) is 2.98. The van der Waals surface area contributed by atoms with Crippen molar-refractivity contribution in [1.29, 1.82) is 0 Å². The number of hydrogen-bond donors (Lipinski definition) is 0. The van der Waals surface area contributed by atoms with Gasteiger partial charge in [-0.25, -0.2) is 9.97 Å². The van der Waals surface area contributed by atoms with Gasteiger partial charge in [0, 0.05) is 26.2 Å². The zero-order valence-electron chi connectivity index (χ0n) is 13.9. The van der Waals surface area contributed by atoms with E-state index in [0.29, 0.717) is 18.1 Å². The van der Waals surface area contributed by atoms with Crippen LogP contribution in [0.4, 0.5) is 11.6 Å². The third-order valence-electron chi connectivity index (χ3n) is 4.23. The highest BCUT2D eigenvalue weighted by molar-refractivity contribution is 6.05. The fourth-order valence-corrected chi connectivity index (χ4v) is 2.94. The highest BCUT2D eigenvalue weighted by Crippen LogP contribution is 2.30. The number of hydrogen-bond acceptors (Lipinski definition) is 5. The summed E-state index contributed by atoms with van der Waals surface area (Å²) in [6.07, 6.45) is 5.62. The van der Waals surface area contributed by atoms with Crippen LogP contribution >= 0.6 is 0 Å². The first-order valence-corrected chi connectivity index (χ1v) is 8.23. The van der Waals surface area contributed by atoms with Crippen LogP contribution in [0.15, 0.2) is 53.2 Å². The smallest absolute Gasteiger partial charge is 0.252 e. The number of carbonyl (C=O) groups is 1. The van der Waals surface area contributed by atoms with Gasteiger partial charge in [0.15, 0.2) is 11.6 Å². The van der Waals surface area contributed by atoms with Crippen molar-refractivity contribution in [3.05, 3.63) is 54.5 Å². The fourth-order valence-electron chi connectivity index (χ4n) is 2.94. The SMILES string of the molecule is CN1CCCN(C(=O)C=Cc2ccco2)c2nc3ccccc3nc21. The maximum atomic E-state index is 12.8. The Morgan fingerprint density at radius 1 is 1.08 bits per heavy atom. The van der Waals surface area contributed by atoms with Gasteiger partial charge in [0.05, 0.1) is 17.3 Å². The van der Waals surface area contributed by atoms with Gasteiger partial charge < -0.3 is 9.32 Å². The molecule has 4 rings (SSSR count). The second-order valence-corrected chi connectivity index (χ2v) is 5.97. The number of anilines is 2. The molecule has 6 heteroatoms. The Labute approximate surface area is 145 Å².